The van der Waals surface area contributed by atoms with E-state index in [2.05, 4.69) is 0 Å². The van der Waals surface area contributed by atoms with Gasteiger partial charge in [0.1, 0.15) is 23.6 Å². The second-order valence-corrected chi connectivity index (χ2v) is 10.7. The Bertz CT molecular complexity index is 977. The fourth-order valence-corrected chi connectivity index (χ4v) is 6.66. The van der Waals surface area contributed by atoms with Crippen molar-refractivity contribution in [2.45, 2.75) is 76.6 Å². The van der Waals surface area contributed by atoms with E-state index in [0.717, 1.165) is 0 Å². The zero-order valence-electron chi connectivity index (χ0n) is 19.6. The molecular weight excluding hydrogens is 428 g/mol. The Hall–Kier alpha value is -2.32. The van der Waals surface area contributed by atoms with Crippen molar-refractivity contribution in [2.24, 2.45) is 23.2 Å². The minimum absolute atomic E-state index is 0.00196. The molecule has 2 saturated carbocycles. The average molecular weight is 461 g/mol. The first-order chi connectivity index (χ1) is 15.3. The topological polar surface area (TPSA) is 127 Å². The van der Waals surface area contributed by atoms with E-state index in [4.69, 9.17) is 9.47 Å². The molecule has 33 heavy (non-hydrogen) atoms. The predicted molar refractivity (Wildman–Crippen MR) is 116 cm³/mol. The van der Waals surface area contributed by atoms with Crippen LogP contribution in [0.25, 0.3) is 0 Å². The second kappa shape index (κ2) is 7.60. The van der Waals surface area contributed by atoms with Crippen LogP contribution in [0.2, 0.25) is 0 Å². The lowest BCUT2D eigenvalue weighted by molar-refractivity contribution is -0.172. The maximum absolute atomic E-state index is 12.7. The summed E-state index contributed by atoms with van der Waals surface area (Å²) in [5.74, 6) is -3.11. The highest BCUT2D eigenvalue weighted by Crippen LogP contribution is 2.75. The van der Waals surface area contributed by atoms with Crippen molar-refractivity contribution in [3.63, 3.8) is 0 Å². The summed E-state index contributed by atoms with van der Waals surface area (Å²) in [6, 6.07) is 0. The zero-order valence-corrected chi connectivity index (χ0v) is 19.6. The summed E-state index contributed by atoms with van der Waals surface area (Å²) in [5, 5.41) is 23.4. The molecule has 180 valence electrons. The minimum Gasteiger partial charge on any atom is -0.461 e. The normalized spacial score (nSPS) is 40.0. The monoisotopic (exact) mass is 460 g/mol. The van der Waals surface area contributed by atoms with Crippen LogP contribution in [0.4, 0.5) is 0 Å². The number of fused-ring (bicyclic) bond motifs is 5. The van der Waals surface area contributed by atoms with E-state index < -0.39 is 51.8 Å². The minimum atomic E-state index is -1.81. The summed E-state index contributed by atoms with van der Waals surface area (Å²) >= 11 is 0. The van der Waals surface area contributed by atoms with Crippen molar-refractivity contribution < 1.29 is 38.9 Å². The quantitative estimate of drug-likeness (QED) is 0.454. The smallest absolute Gasteiger partial charge is 0.306 e. The van der Waals surface area contributed by atoms with Gasteiger partial charge in [0.15, 0.2) is 5.78 Å². The van der Waals surface area contributed by atoms with Gasteiger partial charge in [0.2, 0.25) is 0 Å². The summed E-state index contributed by atoms with van der Waals surface area (Å²) in [7, 11) is 0. The molecule has 0 aromatic carbocycles. The molecule has 0 amide bonds. The number of ether oxygens (including phenoxy) is 2. The van der Waals surface area contributed by atoms with E-state index in [-0.39, 0.29) is 44.0 Å². The number of hydrogen-bond donors (Lipinski definition) is 2. The van der Waals surface area contributed by atoms with Crippen LogP contribution in [0.15, 0.2) is 23.8 Å². The molecule has 0 bridgehead atoms. The van der Waals surface area contributed by atoms with Crippen LogP contribution in [0.1, 0.15) is 59.8 Å². The molecule has 0 heterocycles. The lowest BCUT2D eigenvalue weighted by Gasteiger charge is -2.46. The molecule has 4 rings (SSSR count). The molecule has 0 aromatic heterocycles. The Morgan fingerprint density at radius 2 is 1.82 bits per heavy atom. The third kappa shape index (κ3) is 3.49. The van der Waals surface area contributed by atoms with Crippen molar-refractivity contribution in [3.05, 3.63) is 23.8 Å². The van der Waals surface area contributed by atoms with E-state index in [9.17, 15) is 29.4 Å². The molecule has 8 nitrogen and oxygen atoms in total. The molecule has 0 radical (unpaired) electrons. The lowest BCUT2D eigenvalue weighted by Crippen LogP contribution is -2.57. The molecular formula is C25H32O8. The summed E-state index contributed by atoms with van der Waals surface area (Å²) in [6.45, 7) is 6.57. The predicted octanol–water partition coefficient (Wildman–Crippen LogP) is 1.81. The molecule has 0 unspecified atom stereocenters. The molecule has 0 spiro atoms. The lowest BCUT2D eigenvalue weighted by atomic mass is 9.64. The standard InChI is InChI=1S/C25H32O8/c1-14(26)5-8-20(29)33-25-10-9-23(30)17(21(25)22(25,3)4)11-16(13-32-15(2)27)12-24(31)18(23)6-7-19(24)28/h6-7,11,17-18,21,30-31H,5,8-10,12-13H2,1-4H3/t17-,18-,21+,23+,24+,25-/m0/s1. The van der Waals surface area contributed by atoms with E-state index in [1.807, 2.05) is 19.9 Å². The first kappa shape index (κ1) is 23.8. The summed E-state index contributed by atoms with van der Waals surface area (Å²) < 4.78 is 11.2. The SMILES string of the molecule is CC(=O)CCC(=O)O[C@@]12CC[C@@]3(O)[C@@H](C=C(COC(C)=O)C[C@]4(O)C(=O)C=C[C@@H]34)[C@@H]1C2(C)C. The van der Waals surface area contributed by atoms with Crippen molar-refractivity contribution in [1.29, 1.82) is 0 Å². The summed E-state index contributed by atoms with van der Waals surface area (Å²) in [5.41, 5.74) is -3.96. The van der Waals surface area contributed by atoms with Gasteiger partial charge in [-0.2, -0.15) is 0 Å². The van der Waals surface area contributed by atoms with Crippen LogP contribution in [0, 0.1) is 23.2 Å². The van der Waals surface area contributed by atoms with Crippen molar-refractivity contribution in [3.8, 4) is 0 Å². The largest absolute Gasteiger partial charge is 0.461 e. The van der Waals surface area contributed by atoms with Crippen LogP contribution < -0.4 is 0 Å². The summed E-state index contributed by atoms with van der Waals surface area (Å²) in [4.78, 5) is 47.9. The molecule has 4 aliphatic rings. The number of esters is 2. The van der Waals surface area contributed by atoms with E-state index in [1.165, 1.54) is 19.9 Å². The first-order valence-corrected chi connectivity index (χ1v) is 11.5. The van der Waals surface area contributed by atoms with Gasteiger partial charge in [-0.05, 0) is 31.4 Å². The van der Waals surface area contributed by atoms with Crippen LogP contribution in [-0.4, -0.2) is 57.1 Å². The van der Waals surface area contributed by atoms with Gasteiger partial charge < -0.3 is 24.5 Å². The molecule has 2 N–H and O–H groups in total. The number of carbonyl (C=O) groups excluding carboxylic acids is 4. The van der Waals surface area contributed by atoms with Crippen LogP contribution in [-0.2, 0) is 28.7 Å². The van der Waals surface area contributed by atoms with Crippen molar-refractivity contribution in [1.82, 2.24) is 0 Å². The van der Waals surface area contributed by atoms with Gasteiger partial charge in [-0.25, -0.2) is 0 Å². The van der Waals surface area contributed by atoms with Gasteiger partial charge >= 0.3 is 11.9 Å². The van der Waals surface area contributed by atoms with E-state index in [0.29, 0.717) is 12.0 Å². The van der Waals surface area contributed by atoms with Crippen LogP contribution in [0.5, 0.6) is 0 Å². The van der Waals surface area contributed by atoms with Gasteiger partial charge in [-0.1, -0.05) is 26.0 Å². The van der Waals surface area contributed by atoms with Gasteiger partial charge in [0.05, 0.1) is 12.0 Å². The molecule has 0 aromatic rings. The Labute approximate surface area is 193 Å². The molecule has 0 aliphatic heterocycles. The Balaban J connectivity index is 1.70. The summed E-state index contributed by atoms with van der Waals surface area (Å²) in [6.07, 6.45) is 5.38. The van der Waals surface area contributed by atoms with Crippen LogP contribution in [0.3, 0.4) is 0 Å². The molecule has 4 aliphatic carbocycles. The Morgan fingerprint density at radius 1 is 1.12 bits per heavy atom. The number of rotatable bonds is 6. The number of hydrogen-bond acceptors (Lipinski definition) is 8. The fraction of sp³-hybridized carbons (Fsp3) is 0.680. The molecule has 6 atom stereocenters. The van der Waals surface area contributed by atoms with Gasteiger partial charge in [-0.3, -0.25) is 14.4 Å². The van der Waals surface area contributed by atoms with Crippen molar-refractivity contribution in [2.75, 3.05) is 6.61 Å². The zero-order chi connectivity index (χ0) is 24.4. The number of carbonyl (C=O) groups is 4. The third-order valence-electron chi connectivity index (χ3n) is 8.39. The molecule has 0 saturated heterocycles. The number of ketones is 2. The Kier molecular flexibility index (Phi) is 5.49. The number of aliphatic hydroxyl groups is 2. The van der Waals surface area contributed by atoms with Gasteiger partial charge in [0, 0.05) is 42.9 Å². The highest BCUT2D eigenvalue weighted by Gasteiger charge is 2.81. The van der Waals surface area contributed by atoms with E-state index >= 15 is 0 Å². The maximum Gasteiger partial charge on any atom is 0.306 e. The van der Waals surface area contributed by atoms with Crippen molar-refractivity contribution >= 4 is 23.5 Å². The molecule has 8 heteroatoms. The van der Waals surface area contributed by atoms with Gasteiger partial charge in [-0.15, -0.1) is 0 Å². The van der Waals surface area contributed by atoms with Gasteiger partial charge in [0.25, 0.3) is 0 Å². The first-order valence-electron chi connectivity index (χ1n) is 11.5. The highest BCUT2D eigenvalue weighted by atomic mass is 16.6. The highest BCUT2D eigenvalue weighted by molar-refractivity contribution is 6.00. The maximum atomic E-state index is 12.7. The number of Topliss-reactive ketones (excluding diaryl/α,β-unsaturated/α-hetero) is 1. The Morgan fingerprint density at radius 3 is 2.45 bits per heavy atom. The molecule has 2 fully saturated rings. The van der Waals surface area contributed by atoms with E-state index in [1.54, 1.807) is 6.08 Å². The average Bonchev–Trinajstić information content (AvgIpc) is 3.07. The third-order valence-corrected chi connectivity index (χ3v) is 8.39. The van der Waals surface area contributed by atoms with Crippen LogP contribution >= 0.6 is 0 Å². The fourth-order valence-electron chi connectivity index (χ4n) is 6.66. The second-order valence-electron chi connectivity index (χ2n) is 10.7.